The van der Waals surface area contributed by atoms with E-state index in [1.807, 2.05) is 30.3 Å². The van der Waals surface area contributed by atoms with Crippen molar-refractivity contribution in [2.45, 2.75) is 19.3 Å². The van der Waals surface area contributed by atoms with Crippen molar-refractivity contribution in [2.24, 2.45) is 0 Å². The SMILES string of the molecule is O=C(CCC(=O)OCCc1ccccc1)NC(=S)Nc1ccc([N+](=O)[O-])cc1Cl. The number of anilines is 1. The van der Waals surface area contributed by atoms with E-state index in [4.69, 9.17) is 28.6 Å². The minimum Gasteiger partial charge on any atom is -0.465 e. The van der Waals surface area contributed by atoms with Crippen LogP contribution in [0.4, 0.5) is 11.4 Å². The van der Waals surface area contributed by atoms with Crippen LogP contribution < -0.4 is 10.6 Å². The Kier molecular flexibility index (Phi) is 8.50. The van der Waals surface area contributed by atoms with Crippen molar-refractivity contribution in [3.8, 4) is 0 Å². The van der Waals surface area contributed by atoms with Crippen LogP contribution in [-0.4, -0.2) is 28.5 Å². The van der Waals surface area contributed by atoms with Gasteiger partial charge in [0.15, 0.2) is 5.11 Å². The molecule has 0 saturated carbocycles. The third kappa shape index (κ3) is 7.84. The Morgan fingerprint density at radius 1 is 1.14 bits per heavy atom. The fourth-order valence-electron chi connectivity index (χ4n) is 2.28. The highest BCUT2D eigenvalue weighted by molar-refractivity contribution is 7.80. The third-order valence-corrected chi connectivity index (χ3v) is 4.23. The molecule has 0 unspecified atom stereocenters. The number of thiocarbonyl (C=S) groups is 1. The van der Waals surface area contributed by atoms with E-state index in [2.05, 4.69) is 10.6 Å². The van der Waals surface area contributed by atoms with Crippen molar-refractivity contribution < 1.29 is 19.2 Å². The summed E-state index contributed by atoms with van der Waals surface area (Å²) in [4.78, 5) is 33.8. The Balaban J connectivity index is 1.69. The van der Waals surface area contributed by atoms with Crippen molar-refractivity contribution in [1.82, 2.24) is 5.32 Å². The molecule has 0 bridgehead atoms. The van der Waals surface area contributed by atoms with Crippen molar-refractivity contribution in [3.05, 3.63) is 69.2 Å². The van der Waals surface area contributed by atoms with Crippen LogP contribution in [0.1, 0.15) is 18.4 Å². The number of carbonyl (C=O) groups is 2. The smallest absolute Gasteiger partial charge is 0.306 e. The Morgan fingerprint density at radius 3 is 2.52 bits per heavy atom. The van der Waals surface area contributed by atoms with E-state index >= 15 is 0 Å². The summed E-state index contributed by atoms with van der Waals surface area (Å²) in [5.41, 5.74) is 1.20. The number of ether oxygens (including phenoxy) is 1. The number of nitro groups is 1. The number of carbonyl (C=O) groups excluding carboxylic acids is 2. The van der Waals surface area contributed by atoms with E-state index in [1.54, 1.807) is 0 Å². The first-order valence-corrected chi connectivity index (χ1v) is 9.38. The van der Waals surface area contributed by atoms with Gasteiger partial charge in [-0.15, -0.1) is 0 Å². The Bertz CT molecular complexity index is 908. The number of hydrogen-bond acceptors (Lipinski definition) is 6. The largest absolute Gasteiger partial charge is 0.465 e. The summed E-state index contributed by atoms with van der Waals surface area (Å²) in [5, 5.41) is 15.8. The number of amides is 1. The normalized spacial score (nSPS) is 10.1. The van der Waals surface area contributed by atoms with E-state index in [-0.39, 0.29) is 35.3 Å². The lowest BCUT2D eigenvalue weighted by Gasteiger charge is -2.11. The standard InChI is InChI=1S/C19H18ClN3O5S/c20-15-12-14(23(26)27)6-7-16(15)21-19(29)22-17(24)8-9-18(25)28-11-10-13-4-2-1-3-5-13/h1-7,12H,8-11H2,(H2,21,22,24,29). The Hall–Kier alpha value is -3.04. The summed E-state index contributed by atoms with van der Waals surface area (Å²) in [6.45, 7) is 0.239. The molecule has 0 aliphatic carbocycles. The Morgan fingerprint density at radius 2 is 1.86 bits per heavy atom. The lowest BCUT2D eigenvalue weighted by molar-refractivity contribution is -0.384. The maximum Gasteiger partial charge on any atom is 0.306 e. The van der Waals surface area contributed by atoms with Gasteiger partial charge in [0.25, 0.3) is 5.69 Å². The van der Waals surface area contributed by atoms with Crippen LogP contribution in [0.15, 0.2) is 48.5 Å². The highest BCUT2D eigenvalue weighted by Crippen LogP contribution is 2.26. The molecule has 0 saturated heterocycles. The molecule has 1 amide bonds. The molecule has 2 aromatic rings. The topological polar surface area (TPSA) is 111 Å². The number of nitrogens with zero attached hydrogens (tertiary/aromatic N) is 1. The van der Waals surface area contributed by atoms with Gasteiger partial charge >= 0.3 is 5.97 Å². The second-order valence-corrected chi connectivity index (χ2v) is 6.70. The van der Waals surface area contributed by atoms with Crippen LogP contribution in [0, 0.1) is 10.1 Å². The molecule has 2 aromatic carbocycles. The van der Waals surface area contributed by atoms with Gasteiger partial charge in [0.05, 0.1) is 28.7 Å². The van der Waals surface area contributed by atoms with Gasteiger partial charge in [-0.1, -0.05) is 41.9 Å². The molecule has 0 atom stereocenters. The fraction of sp³-hybridized carbons (Fsp3) is 0.211. The number of nitro benzene ring substituents is 1. The highest BCUT2D eigenvalue weighted by atomic mass is 35.5. The maximum absolute atomic E-state index is 11.9. The van der Waals surface area contributed by atoms with Crippen LogP contribution in [0.3, 0.4) is 0 Å². The lowest BCUT2D eigenvalue weighted by atomic mass is 10.2. The van der Waals surface area contributed by atoms with Crippen LogP contribution in [0.25, 0.3) is 0 Å². The first-order valence-electron chi connectivity index (χ1n) is 8.59. The molecule has 2 N–H and O–H groups in total. The number of rotatable bonds is 8. The molecule has 0 heterocycles. The quantitative estimate of drug-likeness (QED) is 0.282. The van der Waals surface area contributed by atoms with Crippen molar-refractivity contribution in [3.63, 3.8) is 0 Å². The monoisotopic (exact) mass is 435 g/mol. The van der Waals surface area contributed by atoms with Gasteiger partial charge in [-0.25, -0.2) is 0 Å². The predicted molar refractivity (Wildman–Crippen MR) is 113 cm³/mol. The highest BCUT2D eigenvalue weighted by Gasteiger charge is 2.13. The van der Waals surface area contributed by atoms with E-state index in [0.717, 1.165) is 5.56 Å². The summed E-state index contributed by atoms with van der Waals surface area (Å²) in [6.07, 6.45) is 0.421. The molecule has 29 heavy (non-hydrogen) atoms. The number of halogens is 1. The molecule has 0 radical (unpaired) electrons. The van der Waals surface area contributed by atoms with Crippen LogP contribution >= 0.6 is 23.8 Å². The molecule has 8 nitrogen and oxygen atoms in total. The molecule has 0 aliphatic rings. The average Bonchev–Trinajstić information content (AvgIpc) is 2.68. The van der Waals surface area contributed by atoms with Crippen molar-refractivity contribution >= 4 is 52.2 Å². The third-order valence-electron chi connectivity index (χ3n) is 3.72. The van der Waals surface area contributed by atoms with Gasteiger partial charge in [-0.05, 0) is 23.8 Å². The second kappa shape index (κ2) is 11.1. The zero-order valence-electron chi connectivity index (χ0n) is 15.2. The number of nitrogens with one attached hydrogen (secondary N) is 2. The summed E-state index contributed by atoms with van der Waals surface area (Å²) < 4.78 is 5.10. The van der Waals surface area contributed by atoms with Crippen molar-refractivity contribution in [1.29, 1.82) is 0 Å². The number of non-ortho nitro benzene ring substituents is 1. The van der Waals surface area contributed by atoms with Gasteiger partial charge in [-0.2, -0.15) is 0 Å². The van der Waals surface area contributed by atoms with Crippen LogP contribution in [0.5, 0.6) is 0 Å². The molecule has 152 valence electrons. The molecule has 0 aromatic heterocycles. The first-order chi connectivity index (χ1) is 13.8. The summed E-state index contributed by atoms with van der Waals surface area (Å²) in [7, 11) is 0. The van der Waals surface area contributed by atoms with Gasteiger partial charge in [0, 0.05) is 25.0 Å². The molecular weight excluding hydrogens is 418 g/mol. The van der Waals surface area contributed by atoms with Crippen LogP contribution in [0.2, 0.25) is 5.02 Å². The maximum atomic E-state index is 11.9. The lowest BCUT2D eigenvalue weighted by Crippen LogP contribution is -2.34. The van der Waals surface area contributed by atoms with Crippen molar-refractivity contribution in [2.75, 3.05) is 11.9 Å². The van der Waals surface area contributed by atoms with Gasteiger partial charge in [-0.3, -0.25) is 19.7 Å². The summed E-state index contributed by atoms with van der Waals surface area (Å²) >= 11 is 11.0. The predicted octanol–water partition coefficient (Wildman–Crippen LogP) is 3.63. The fourth-order valence-corrected chi connectivity index (χ4v) is 2.72. The molecule has 0 fully saturated rings. The summed E-state index contributed by atoms with van der Waals surface area (Å²) in [6, 6.07) is 13.4. The van der Waals surface area contributed by atoms with E-state index in [1.165, 1.54) is 18.2 Å². The van der Waals surface area contributed by atoms with Crippen LogP contribution in [-0.2, 0) is 20.7 Å². The zero-order chi connectivity index (χ0) is 21.2. The molecule has 0 spiro atoms. The number of benzene rings is 2. The van der Waals surface area contributed by atoms with Gasteiger partial charge in [0.2, 0.25) is 5.91 Å². The van der Waals surface area contributed by atoms with E-state index in [9.17, 15) is 19.7 Å². The van der Waals surface area contributed by atoms with Gasteiger partial charge < -0.3 is 15.4 Å². The molecule has 0 aliphatic heterocycles. The van der Waals surface area contributed by atoms with E-state index in [0.29, 0.717) is 12.1 Å². The van der Waals surface area contributed by atoms with E-state index < -0.39 is 16.8 Å². The number of esters is 1. The first kappa shape index (κ1) is 22.3. The number of hydrogen-bond donors (Lipinski definition) is 2. The minimum atomic E-state index is -0.575. The summed E-state index contributed by atoms with van der Waals surface area (Å²) in [5.74, 6) is -0.950. The Labute approximate surface area is 177 Å². The minimum absolute atomic E-state index is 0.0387. The average molecular weight is 436 g/mol. The molecular formula is C19H18ClN3O5S. The molecule has 2 rings (SSSR count). The molecule has 10 heteroatoms. The zero-order valence-corrected chi connectivity index (χ0v) is 16.8. The van der Waals surface area contributed by atoms with Gasteiger partial charge in [0.1, 0.15) is 0 Å². The second-order valence-electron chi connectivity index (χ2n) is 5.88.